The molecule has 5 heteroatoms. The van der Waals surface area contributed by atoms with Crippen LogP contribution in [0.15, 0.2) is 36.7 Å². The minimum Gasteiger partial charge on any atom is -0.248 e. The van der Waals surface area contributed by atoms with Crippen molar-refractivity contribution >= 4 is 31.9 Å². The highest BCUT2D eigenvalue weighted by molar-refractivity contribution is 7.24. The average molecular weight is 279 g/mol. The minimum absolute atomic E-state index is 0.905. The second kappa shape index (κ2) is 3.43. The molecule has 0 saturated carbocycles. The van der Waals surface area contributed by atoms with Crippen LogP contribution in [0.1, 0.15) is 5.56 Å². The molecule has 4 nitrogen and oxygen atoms in total. The summed E-state index contributed by atoms with van der Waals surface area (Å²) in [6.07, 6.45) is 3.73. The molecule has 5 rings (SSSR count). The fraction of sp³-hybridized carbons (Fsp3) is 0.133. The van der Waals surface area contributed by atoms with E-state index < -0.39 is 0 Å². The first kappa shape index (κ1) is 10.5. The second-order valence-electron chi connectivity index (χ2n) is 5.09. The number of imidazole rings is 1. The minimum atomic E-state index is 0.905. The van der Waals surface area contributed by atoms with Gasteiger partial charge in [-0.15, -0.1) is 0 Å². The number of aromatic nitrogens is 4. The van der Waals surface area contributed by atoms with Crippen molar-refractivity contribution in [2.75, 3.05) is 0 Å². The van der Waals surface area contributed by atoms with Gasteiger partial charge in [-0.25, -0.2) is 19.1 Å². The molecular weight excluding hydrogens is 268 g/mol. The molecule has 0 aromatic carbocycles. The SMILES string of the molecule is Cn1c2[n+](c3sc4ncccc4c31)Cc1cccnc1-2. The fourth-order valence-corrected chi connectivity index (χ4v) is 4.35. The Morgan fingerprint density at radius 2 is 2.05 bits per heavy atom. The van der Waals surface area contributed by atoms with E-state index in [1.165, 1.54) is 27.1 Å². The standard InChI is InChI=1S/C15H11N4S/c1-18-12-10-5-3-7-17-13(10)20-15(12)19-8-9-4-2-6-16-11(9)14(18)19/h2-7H,8H2,1H3/q+1. The van der Waals surface area contributed by atoms with Crippen molar-refractivity contribution in [2.45, 2.75) is 6.54 Å². The lowest BCUT2D eigenvalue weighted by molar-refractivity contribution is -0.644. The summed E-state index contributed by atoms with van der Waals surface area (Å²) in [4.78, 5) is 11.4. The van der Waals surface area contributed by atoms with Crippen LogP contribution in [0.4, 0.5) is 0 Å². The molecular formula is C15H11N4S+. The van der Waals surface area contributed by atoms with Crippen LogP contribution in [0.25, 0.3) is 32.1 Å². The molecule has 20 heavy (non-hydrogen) atoms. The quantitative estimate of drug-likeness (QED) is 0.408. The van der Waals surface area contributed by atoms with Gasteiger partial charge in [0.25, 0.3) is 0 Å². The van der Waals surface area contributed by atoms with Crippen LogP contribution in [0.5, 0.6) is 0 Å². The molecule has 0 atom stereocenters. The van der Waals surface area contributed by atoms with Gasteiger partial charge in [-0.1, -0.05) is 17.4 Å². The van der Waals surface area contributed by atoms with Crippen molar-refractivity contribution in [1.29, 1.82) is 0 Å². The zero-order valence-corrected chi connectivity index (χ0v) is 11.7. The molecule has 0 bridgehead atoms. The van der Waals surface area contributed by atoms with Crippen molar-refractivity contribution in [3.8, 4) is 11.5 Å². The summed E-state index contributed by atoms with van der Waals surface area (Å²) in [5.41, 5.74) is 3.67. The van der Waals surface area contributed by atoms with Crippen molar-refractivity contribution in [3.63, 3.8) is 0 Å². The largest absolute Gasteiger partial charge is 0.309 e. The molecule has 0 N–H and O–H groups in total. The van der Waals surface area contributed by atoms with Crippen LogP contribution >= 0.6 is 11.3 Å². The summed E-state index contributed by atoms with van der Waals surface area (Å²) in [5.74, 6) is 1.20. The third kappa shape index (κ3) is 1.10. The molecule has 4 aromatic heterocycles. The van der Waals surface area contributed by atoms with E-state index in [2.05, 4.69) is 38.3 Å². The number of thiophene rings is 1. The second-order valence-corrected chi connectivity index (χ2v) is 6.07. The summed E-state index contributed by atoms with van der Waals surface area (Å²) < 4.78 is 4.62. The summed E-state index contributed by atoms with van der Waals surface area (Å²) in [6.45, 7) is 0.905. The highest BCUT2D eigenvalue weighted by Gasteiger charge is 2.35. The summed E-state index contributed by atoms with van der Waals surface area (Å²) in [7, 11) is 2.12. The first-order valence-electron chi connectivity index (χ1n) is 6.54. The van der Waals surface area contributed by atoms with Crippen molar-refractivity contribution in [3.05, 3.63) is 42.2 Å². The third-order valence-corrected chi connectivity index (χ3v) is 5.13. The van der Waals surface area contributed by atoms with Crippen LogP contribution in [0, 0.1) is 0 Å². The molecule has 0 aliphatic carbocycles. The molecule has 1 aliphatic heterocycles. The Kier molecular flexibility index (Phi) is 1.80. The molecule has 4 aromatic rings. The zero-order chi connectivity index (χ0) is 13.3. The van der Waals surface area contributed by atoms with E-state index >= 15 is 0 Å². The number of hydrogen-bond acceptors (Lipinski definition) is 3. The molecule has 5 heterocycles. The van der Waals surface area contributed by atoms with Gasteiger partial charge in [0.15, 0.2) is 11.2 Å². The number of pyridine rings is 2. The van der Waals surface area contributed by atoms with Crippen LogP contribution in [-0.2, 0) is 13.6 Å². The Hall–Kier alpha value is -2.27. The van der Waals surface area contributed by atoms with Gasteiger partial charge in [0.05, 0.1) is 12.4 Å². The van der Waals surface area contributed by atoms with E-state index in [1.54, 1.807) is 11.3 Å². The predicted molar refractivity (Wildman–Crippen MR) is 78.6 cm³/mol. The summed E-state index contributed by atoms with van der Waals surface area (Å²) in [5, 5.41) is 1.23. The van der Waals surface area contributed by atoms with Gasteiger partial charge in [-0.3, -0.25) is 0 Å². The number of nitrogens with zero attached hydrogens (tertiary/aromatic N) is 4. The van der Waals surface area contributed by atoms with E-state index in [0.717, 1.165) is 17.1 Å². The molecule has 0 spiro atoms. The summed E-state index contributed by atoms with van der Waals surface area (Å²) >= 11 is 1.76. The predicted octanol–water partition coefficient (Wildman–Crippen LogP) is 2.50. The van der Waals surface area contributed by atoms with Crippen LogP contribution in [0.3, 0.4) is 0 Å². The van der Waals surface area contributed by atoms with Gasteiger partial charge in [0.1, 0.15) is 11.4 Å². The van der Waals surface area contributed by atoms with E-state index in [-0.39, 0.29) is 0 Å². The molecule has 1 aliphatic rings. The first-order chi connectivity index (χ1) is 9.84. The van der Waals surface area contributed by atoms with E-state index in [0.29, 0.717) is 0 Å². The molecule has 0 saturated heterocycles. The van der Waals surface area contributed by atoms with Crippen LogP contribution in [0.2, 0.25) is 0 Å². The van der Waals surface area contributed by atoms with Gasteiger partial charge >= 0.3 is 5.82 Å². The molecule has 0 amide bonds. The number of aryl methyl sites for hydroxylation is 1. The third-order valence-electron chi connectivity index (χ3n) is 4.01. The van der Waals surface area contributed by atoms with Gasteiger partial charge < -0.3 is 0 Å². The monoisotopic (exact) mass is 279 g/mol. The van der Waals surface area contributed by atoms with E-state index in [4.69, 9.17) is 0 Å². The Bertz CT molecular complexity index is 996. The Balaban J connectivity index is 1.98. The molecule has 0 radical (unpaired) electrons. The Morgan fingerprint density at radius 3 is 3.00 bits per heavy atom. The van der Waals surface area contributed by atoms with Crippen molar-refractivity contribution < 1.29 is 4.57 Å². The number of hydrogen-bond donors (Lipinski definition) is 0. The lowest BCUT2D eigenvalue weighted by Crippen LogP contribution is -2.30. The topological polar surface area (TPSA) is 34.6 Å². The Labute approximate surface area is 119 Å². The Morgan fingerprint density at radius 1 is 1.20 bits per heavy atom. The van der Waals surface area contributed by atoms with Crippen molar-refractivity contribution in [2.24, 2.45) is 7.05 Å². The van der Waals surface area contributed by atoms with Crippen LogP contribution in [-0.4, -0.2) is 14.5 Å². The maximum atomic E-state index is 4.56. The van der Waals surface area contributed by atoms with E-state index in [1.807, 2.05) is 24.5 Å². The molecule has 0 fully saturated rings. The van der Waals surface area contributed by atoms with Crippen LogP contribution < -0.4 is 4.57 Å². The average Bonchev–Trinajstić information content (AvgIpc) is 3.10. The lowest BCUT2D eigenvalue weighted by atomic mass is 10.2. The normalized spacial score (nSPS) is 13.1. The maximum absolute atomic E-state index is 4.56. The number of rotatable bonds is 0. The van der Waals surface area contributed by atoms with Gasteiger partial charge in [-0.05, 0) is 18.2 Å². The highest BCUT2D eigenvalue weighted by atomic mass is 32.1. The van der Waals surface area contributed by atoms with Gasteiger partial charge in [0, 0.05) is 18.0 Å². The molecule has 0 unspecified atom stereocenters. The smallest absolute Gasteiger partial charge is 0.248 e. The van der Waals surface area contributed by atoms with Gasteiger partial charge in [-0.2, -0.15) is 0 Å². The fourth-order valence-electron chi connectivity index (χ4n) is 3.17. The highest BCUT2D eigenvalue weighted by Crippen LogP contribution is 2.36. The van der Waals surface area contributed by atoms with E-state index in [9.17, 15) is 0 Å². The first-order valence-corrected chi connectivity index (χ1v) is 7.36. The zero-order valence-electron chi connectivity index (χ0n) is 10.9. The maximum Gasteiger partial charge on any atom is 0.309 e. The lowest BCUT2D eigenvalue weighted by Gasteiger charge is -1.94. The number of fused-ring (bicyclic) bond motifs is 7. The van der Waals surface area contributed by atoms with Gasteiger partial charge in [0.2, 0.25) is 4.83 Å². The molecule has 96 valence electrons. The summed E-state index contributed by atoms with van der Waals surface area (Å²) in [6, 6.07) is 8.32. The van der Waals surface area contributed by atoms with Crippen molar-refractivity contribution in [1.82, 2.24) is 14.5 Å².